The van der Waals surface area contributed by atoms with E-state index in [9.17, 15) is 18.0 Å². The summed E-state index contributed by atoms with van der Waals surface area (Å²) in [6.07, 6.45) is 2.49. The Hall–Kier alpha value is -3.04. The molecule has 0 aliphatic rings. The summed E-state index contributed by atoms with van der Waals surface area (Å²) in [5.41, 5.74) is 0.636. The molecule has 164 valence electrons. The van der Waals surface area contributed by atoms with E-state index in [4.69, 9.17) is 20.8 Å². The Labute approximate surface area is 184 Å². The molecule has 0 aliphatic heterocycles. The quantitative estimate of drug-likeness (QED) is 0.510. The number of ether oxygens (including phenoxy) is 1. The molecule has 2 N–H and O–H groups in total. The van der Waals surface area contributed by atoms with Crippen LogP contribution in [0.2, 0.25) is 5.02 Å². The van der Waals surface area contributed by atoms with Crippen LogP contribution in [0.4, 0.5) is 11.4 Å². The van der Waals surface area contributed by atoms with Gasteiger partial charge in [-0.2, -0.15) is 0 Å². The normalized spacial score (nSPS) is 11.4. The highest BCUT2D eigenvalue weighted by Crippen LogP contribution is 2.30. The molecule has 1 aromatic heterocycles. The van der Waals surface area contributed by atoms with Gasteiger partial charge in [0.05, 0.1) is 29.8 Å². The predicted octanol–water partition coefficient (Wildman–Crippen LogP) is 4.03. The first kappa shape index (κ1) is 22.6. The first-order valence-electron chi connectivity index (χ1n) is 9.35. The van der Waals surface area contributed by atoms with Crippen LogP contribution in [0.15, 0.2) is 45.6 Å². The number of rotatable bonds is 7. The standard InChI is InChI=1S/C21H21ClN2O6S/c1-4-5-14-18(29-2)9-6-12-10-15(21(26)30-19(12)14)20(25)23-17-8-7-13(11-16(17)22)24-31(3,27)28/h6-11,24H,4-5H2,1-3H3,(H,23,25). The van der Waals surface area contributed by atoms with E-state index < -0.39 is 21.6 Å². The summed E-state index contributed by atoms with van der Waals surface area (Å²) in [4.78, 5) is 25.3. The van der Waals surface area contributed by atoms with Crippen LogP contribution in [-0.4, -0.2) is 27.7 Å². The maximum Gasteiger partial charge on any atom is 0.349 e. The number of hydrogen-bond acceptors (Lipinski definition) is 6. The summed E-state index contributed by atoms with van der Waals surface area (Å²) in [6.45, 7) is 2.00. The van der Waals surface area contributed by atoms with Gasteiger partial charge in [0.15, 0.2) is 0 Å². The van der Waals surface area contributed by atoms with Crippen molar-refractivity contribution in [1.29, 1.82) is 0 Å². The monoisotopic (exact) mass is 464 g/mol. The summed E-state index contributed by atoms with van der Waals surface area (Å²) in [7, 11) is -1.93. The number of halogens is 1. The molecule has 3 aromatic rings. The van der Waals surface area contributed by atoms with Crippen molar-refractivity contribution in [2.45, 2.75) is 19.8 Å². The number of hydrogen-bond donors (Lipinski definition) is 2. The van der Waals surface area contributed by atoms with E-state index in [2.05, 4.69) is 10.0 Å². The Morgan fingerprint density at radius 1 is 1.19 bits per heavy atom. The van der Waals surface area contributed by atoms with Gasteiger partial charge in [0.1, 0.15) is 16.9 Å². The second-order valence-electron chi connectivity index (χ2n) is 6.89. The Kier molecular flexibility index (Phi) is 6.56. The van der Waals surface area contributed by atoms with Crippen molar-refractivity contribution in [3.63, 3.8) is 0 Å². The Morgan fingerprint density at radius 3 is 2.55 bits per heavy atom. The molecule has 0 aliphatic carbocycles. The second-order valence-corrected chi connectivity index (χ2v) is 9.04. The fourth-order valence-electron chi connectivity index (χ4n) is 3.14. The van der Waals surface area contributed by atoms with Crippen LogP contribution >= 0.6 is 11.6 Å². The SMILES string of the molecule is CCCc1c(OC)ccc2cc(C(=O)Nc3ccc(NS(C)(=O)=O)cc3Cl)c(=O)oc12. The summed E-state index contributed by atoms with van der Waals surface area (Å²) in [5, 5.41) is 3.24. The average Bonchev–Trinajstić information content (AvgIpc) is 2.69. The molecule has 0 saturated carbocycles. The average molecular weight is 465 g/mol. The van der Waals surface area contributed by atoms with E-state index in [1.807, 2.05) is 6.92 Å². The first-order chi connectivity index (χ1) is 14.6. The fourth-order valence-corrected chi connectivity index (χ4v) is 3.93. The highest BCUT2D eigenvalue weighted by Gasteiger charge is 2.18. The smallest absolute Gasteiger partial charge is 0.349 e. The van der Waals surface area contributed by atoms with Crippen LogP contribution in [-0.2, 0) is 16.4 Å². The highest BCUT2D eigenvalue weighted by molar-refractivity contribution is 7.92. The van der Waals surface area contributed by atoms with Gasteiger partial charge in [-0.15, -0.1) is 0 Å². The zero-order valence-electron chi connectivity index (χ0n) is 17.1. The number of fused-ring (bicyclic) bond motifs is 1. The van der Waals surface area contributed by atoms with Crippen LogP contribution in [0.3, 0.4) is 0 Å². The maximum atomic E-state index is 12.7. The lowest BCUT2D eigenvalue weighted by Crippen LogP contribution is -2.21. The van der Waals surface area contributed by atoms with Crippen LogP contribution in [0.25, 0.3) is 11.0 Å². The van der Waals surface area contributed by atoms with Gasteiger partial charge in [-0.05, 0) is 42.8 Å². The lowest BCUT2D eigenvalue weighted by Gasteiger charge is -2.12. The molecule has 31 heavy (non-hydrogen) atoms. The van der Waals surface area contributed by atoms with E-state index >= 15 is 0 Å². The van der Waals surface area contributed by atoms with Gasteiger partial charge in [-0.1, -0.05) is 24.9 Å². The third-order valence-electron chi connectivity index (χ3n) is 4.45. The molecular weight excluding hydrogens is 444 g/mol. The zero-order valence-corrected chi connectivity index (χ0v) is 18.7. The van der Waals surface area contributed by atoms with Crippen LogP contribution in [0, 0.1) is 0 Å². The molecule has 0 unspecified atom stereocenters. The zero-order chi connectivity index (χ0) is 22.8. The minimum atomic E-state index is -3.47. The molecule has 0 spiro atoms. The van der Waals surface area contributed by atoms with Gasteiger partial charge < -0.3 is 14.5 Å². The molecule has 2 aromatic carbocycles. The molecule has 10 heteroatoms. The van der Waals surface area contributed by atoms with E-state index in [0.29, 0.717) is 23.1 Å². The summed E-state index contributed by atoms with van der Waals surface area (Å²) < 4.78 is 35.8. The second kappa shape index (κ2) is 8.99. The van der Waals surface area contributed by atoms with Crippen molar-refractivity contribution >= 4 is 49.9 Å². The molecular formula is C21H21ClN2O6S. The van der Waals surface area contributed by atoms with Gasteiger partial charge in [-0.25, -0.2) is 13.2 Å². The lowest BCUT2D eigenvalue weighted by atomic mass is 10.0. The summed E-state index contributed by atoms with van der Waals surface area (Å²) >= 11 is 6.15. The van der Waals surface area contributed by atoms with Crippen molar-refractivity contribution in [1.82, 2.24) is 0 Å². The number of anilines is 2. The number of nitrogens with one attached hydrogen (secondary N) is 2. The molecule has 1 amide bonds. The molecule has 3 rings (SSSR count). The van der Waals surface area contributed by atoms with Gasteiger partial charge >= 0.3 is 5.63 Å². The Bertz CT molecular complexity index is 1320. The van der Waals surface area contributed by atoms with Gasteiger partial charge in [-0.3, -0.25) is 9.52 Å². The predicted molar refractivity (Wildman–Crippen MR) is 121 cm³/mol. The van der Waals surface area contributed by atoms with Crippen molar-refractivity contribution in [3.8, 4) is 5.75 Å². The summed E-state index contributed by atoms with van der Waals surface area (Å²) in [6, 6.07) is 9.16. The number of sulfonamides is 1. The van der Waals surface area contributed by atoms with Crippen LogP contribution in [0.1, 0.15) is 29.3 Å². The molecule has 0 radical (unpaired) electrons. The molecule has 0 bridgehead atoms. The minimum Gasteiger partial charge on any atom is -0.496 e. The largest absolute Gasteiger partial charge is 0.496 e. The first-order valence-corrected chi connectivity index (χ1v) is 11.6. The van der Waals surface area contributed by atoms with Crippen LogP contribution in [0.5, 0.6) is 5.75 Å². The Balaban J connectivity index is 1.94. The Morgan fingerprint density at radius 2 is 1.94 bits per heavy atom. The van der Waals surface area contributed by atoms with E-state index in [0.717, 1.165) is 18.2 Å². The number of amides is 1. The number of carbonyl (C=O) groups excluding carboxylic acids is 1. The molecule has 0 saturated heterocycles. The highest BCUT2D eigenvalue weighted by atomic mass is 35.5. The molecule has 0 fully saturated rings. The number of methoxy groups -OCH3 is 1. The minimum absolute atomic E-state index is 0.0992. The van der Waals surface area contributed by atoms with Gasteiger partial charge in [0.25, 0.3) is 5.91 Å². The van der Waals surface area contributed by atoms with E-state index in [1.54, 1.807) is 19.2 Å². The maximum absolute atomic E-state index is 12.7. The van der Waals surface area contributed by atoms with Gasteiger partial charge in [0.2, 0.25) is 10.0 Å². The molecule has 8 nitrogen and oxygen atoms in total. The molecule has 0 atom stereocenters. The van der Waals surface area contributed by atoms with Crippen molar-refractivity contribution in [3.05, 3.63) is 63.0 Å². The summed E-state index contributed by atoms with van der Waals surface area (Å²) in [5.74, 6) is -0.0847. The third kappa shape index (κ3) is 5.18. The van der Waals surface area contributed by atoms with E-state index in [1.165, 1.54) is 24.3 Å². The third-order valence-corrected chi connectivity index (χ3v) is 5.37. The van der Waals surface area contributed by atoms with Crippen molar-refractivity contribution < 1.29 is 22.4 Å². The van der Waals surface area contributed by atoms with Crippen LogP contribution < -0.4 is 20.4 Å². The topological polar surface area (TPSA) is 115 Å². The number of carbonyl (C=O) groups is 1. The van der Waals surface area contributed by atoms with Gasteiger partial charge in [0, 0.05) is 10.9 Å². The molecule has 1 heterocycles. The number of benzene rings is 2. The lowest BCUT2D eigenvalue weighted by molar-refractivity contribution is 0.102. The van der Waals surface area contributed by atoms with E-state index in [-0.39, 0.29) is 22.0 Å². The fraction of sp³-hybridized carbons (Fsp3) is 0.238. The van der Waals surface area contributed by atoms with Crippen molar-refractivity contribution in [2.24, 2.45) is 0 Å². The number of aryl methyl sites for hydroxylation is 1. The van der Waals surface area contributed by atoms with Crippen molar-refractivity contribution in [2.75, 3.05) is 23.4 Å².